The lowest BCUT2D eigenvalue weighted by atomic mass is 10.1. The van der Waals surface area contributed by atoms with Crippen LogP contribution in [-0.4, -0.2) is 45.0 Å². The minimum Gasteiger partial charge on any atom is -0.391 e. The van der Waals surface area contributed by atoms with Gasteiger partial charge in [0.15, 0.2) is 5.82 Å². The molecule has 0 aliphatic carbocycles. The molecule has 0 amide bonds. The van der Waals surface area contributed by atoms with Crippen LogP contribution < -0.4 is 10.6 Å². The van der Waals surface area contributed by atoms with Gasteiger partial charge in [-0.15, -0.1) is 0 Å². The van der Waals surface area contributed by atoms with E-state index in [-0.39, 0.29) is 11.7 Å². The topological polar surface area (TPSA) is 72.2 Å². The maximum atomic E-state index is 13.4. The number of β-amino-alcohol motifs (C(OH)–C–C–N with tert-alkyl or cyclic N) is 1. The minimum absolute atomic E-state index is 0.100. The number of nitrogens with zero attached hydrogens (tertiary/aromatic N) is 4. The van der Waals surface area contributed by atoms with E-state index in [4.69, 9.17) is 5.73 Å². The van der Waals surface area contributed by atoms with E-state index in [2.05, 4.69) is 49.5 Å². The molecule has 0 radical (unpaired) electrons. The summed E-state index contributed by atoms with van der Waals surface area (Å²) in [6, 6.07) is 15.1. The van der Waals surface area contributed by atoms with E-state index in [0.717, 1.165) is 40.6 Å². The zero-order valence-electron chi connectivity index (χ0n) is 17.5. The summed E-state index contributed by atoms with van der Waals surface area (Å²) in [6.07, 6.45) is 5.51. The number of aliphatic hydroxyl groups excluding tert-OH is 1. The van der Waals surface area contributed by atoms with Gasteiger partial charge in [-0.1, -0.05) is 12.1 Å². The molecular formula is C25H24FN5O. The van der Waals surface area contributed by atoms with Crippen LogP contribution in [0.2, 0.25) is 0 Å². The van der Waals surface area contributed by atoms with Crippen LogP contribution in [0.15, 0.2) is 67.1 Å². The van der Waals surface area contributed by atoms with E-state index >= 15 is 0 Å². The van der Waals surface area contributed by atoms with E-state index in [1.165, 1.54) is 17.7 Å². The molecule has 6 nitrogen and oxygen atoms in total. The van der Waals surface area contributed by atoms with Crippen molar-refractivity contribution < 1.29 is 9.50 Å². The second-order valence-electron chi connectivity index (χ2n) is 8.65. The Morgan fingerprint density at radius 2 is 1.91 bits per heavy atom. The summed E-state index contributed by atoms with van der Waals surface area (Å²) in [7, 11) is 0. The van der Waals surface area contributed by atoms with Crippen molar-refractivity contribution in [2.45, 2.75) is 12.6 Å². The van der Waals surface area contributed by atoms with Gasteiger partial charge in [-0.2, -0.15) is 0 Å². The van der Waals surface area contributed by atoms with Gasteiger partial charge in [-0.05, 0) is 54.1 Å². The molecule has 2 aromatic carbocycles. The molecule has 0 spiro atoms. The lowest BCUT2D eigenvalue weighted by molar-refractivity contribution is 0.152. The highest BCUT2D eigenvalue weighted by Gasteiger charge is 2.31. The first-order chi connectivity index (χ1) is 15.6. The molecule has 4 heterocycles. The highest BCUT2D eigenvalue weighted by molar-refractivity contribution is 5.72. The summed E-state index contributed by atoms with van der Waals surface area (Å²) in [5, 5.41) is 10.3. The normalized spacial score (nSPS) is 19.4. The Hall–Kier alpha value is -3.42. The van der Waals surface area contributed by atoms with Crippen LogP contribution in [0.5, 0.6) is 0 Å². The maximum absolute atomic E-state index is 13.4. The fourth-order valence-electron chi connectivity index (χ4n) is 4.93. The Labute approximate surface area is 185 Å². The van der Waals surface area contributed by atoms with E-state index in [1.54, 1.807) is 12.1 Å². The third kappa shape index (κ3) is 3.04. The number of hydrogen-bond donors (Lipinski definition) is 2. The average Bonchev–Trinajstić information content (AvgIpc) is 3.51. The van der Waals surface area contributed by atoms with E-state index in [1.807, 2.05) is 12.4 Å². The molecule has 0 bridgehead atoms. The summed E-state index contributed by atoms with van der Waals surface area (Å²) in [6.45, 7) is 2.54. The number of hydrogen-bond acceptors (Lipinski definition) is 4. The Bertz CT molecular complexity index is 1290. The highest BCUT2D eigenvalue weighted by atomic mass is 19.1. The van der Waals surface area contributed by atoms with Gasteiger partial charge < -0.3 is 20.3 Å². The maximum Gasteiger partial charge on any atom is 0.161 e. The van der Waals surface area contributed by atoms with Crippen LogP contribution >= 0.6 is 0 Å². The van der Waals surface area contributed by atoms with Crippen LogP contribution in [0.3, 0.4) is 0 Å². The molecule has 4 aromatic rings. The molecule has 162 valence electrons. The Morgan fingerprint density at radius 1 is 1.06 bits per heavy atom. The average molecular weight is 429 g/mol. The van der Waals surface area contributed by atoms with Crippen molar-refractivity contribution >= 4 is 5.69 Å². The van der Waals surface area contributed by atoms with Gasteiger partial charge in [0.2, 0.25) is 0 Å². The van der Waals surface area contributed by atoms with Gasteiger partial charge in [0.25, 0.3) is 0 Å². The third-order valence-electron chi connectivity index (χ3n) is 6.68. The van der Waals surface area contributed by atoms with Crippen molar-refractivity contribution in [2.24, 2.45) is 11.7 Å². The first-order valence-electron chi connectivity index (χ1n) is 10.9. The monoisotopic (exact) mass is 429 g/mol. The van der Waals surface area contributed by atoms with Crippen molar-refractivity contribution in [3.8, 4) is 28.3 Å². The molecule has 32 heavy (non-hydrogen) atoms. The van der Waals surface area contributed by atoms with Crippen LogP contribution in [-0.2, 0) is 6.54 Å². The molecule has 1 saturated heterocycles. The number of aromatic nitrogens is 3. The molecule has 2 atom stereocenters. The van der Waals surface area contributed by atoms with Crippen molar-refractivity contribution in [3.05, 3.63) is 78.5 Å². The van der Waals surface area contributed by atoms with Crippen LogP contribution in [0.4, 0.5) is 10.1 Å². The molecule has 3 N–H and O–H groups in total. The van der Waals surface area contributed by atoms with Gasteiger partial charge in [0.1, 0.15) is 5.82 Å². The molecule has 1 fully saturated rings. The summed E-state index contributed by atoms with van der Waals surface area (Å²) in [5.41, 5.74) is 12.2. The minimum atomic E-state index is -0.395. The number of anilines is 1. The third-order valence-corrected chi connectivity index (χ3v) is 6.68. The fraction of sp³-hybridized carbons (Fsp3) is 0.240. The largest absolute Gasteiger partial charge is 0.391 e. The van der Waals surface area contributed by atoms with Crippen molar-refractivity contribution in [1.29, 1.82) is 0 Å². The first-order valence-corrected chi connectivity index (χ1v) is 10.9. The van der Waals surface area contributed by atoms with Gasteiger partial charge in [0.05, 0.1) is 17.5 Å². The SMILES string of the molecule is NC[C@@H]1CN(c2ccc3c(c2)Cn2cc(-c4ccc(F)cc4)cc2-c2nccn2-3)C[C@H]1O. The molecule has 0 saturated carbocycles. The quantitative estimate of drug-likeness (QED) is 0.462. The van der Waals surface area contributed by atoms with Gasteiger partial charge in [-0.25, -0.2) is 9.37 Å². The van der Waals surface area contributed by atoms with E-state index in [9.17, 15) is 9.50 Å². The number of halogens is 1. The molecule has 0 unspecified atom stereocenters. The zero-order valence-corrected chi connectivity index (χ0v) is 17.5. The van der Waals surface area contributed by atoms with Crippen LogP contribution in [0.25, 0.3) is 28.3 Å². The standard InChI is InChI=1S/C25H24FN5O/c26-20-3-1-16(2-4-20)17-10-23-25-28-7-8-31(25)22-6-5-21(9-18(22)13-30(23)12-17)29-14-19(11-27)24(32)15-29/h1-10,12,19,24,32H,11,13-15,27H2/t19-,24-/m1/s1. The molecule has 7 heteroatoms. The van der Waals surface area contributed by atoms with Crippen molar-refractivity contribution in [1.82, 2.24) is 14.1 Å². The summed E-state index contributed by atoms with van der Waals surface area (Å²) < 4.78 is 17.7. The number of rotatable bonds is 3. The second-order valence-corrected chi connectivity index (χ2v) is 8.65. The predicted octanol–water partition coefficient (Wildman–Crippen LogP) is 3.26. The van der Waals surface area contributed by atoms with Crippen molar-refractivity contribution in [3.63, 3.8) is 0 Å². The lowest BCUT2D eigenvalue weighted by Gasteiger charge is -2.20. The Morgan fingerprint density at radius 3 is 2.69 bits per heavy atom. The van der Waals surface area contributed by atoms with Gasteiger partial charge in [-0.3, -0.25) is 4.57 Å². The Kier molecular flexibility index (Phi) is 4.41. The first kappa shape index (κ1) is 19.3. The predicted molar refractivity (Wildman–Crippen MR) is 122 cm³/mol. The molecule has 2 aromatic heterocycles. The zero-order chi connectivity index (χ0) is 21.8. The number of nitrogens with two attached hydrogens (primary N) is 1. The Balaban J connectivity index is 1.42. The number of imidazole rings is 1. The van der Waals surface area contributed by atoms with Crippen LogP contribution in [0, 0.1) is 11.7 Å². The van der Waals surface area contributed by atoms with Crippen molar-refractivity contribution in [2.75, 3.05) is 24.5 Å². The number of benzene rings is 2. The van der Waals surface area contributed by atoms with E-state index in [0.29, 0.717) is 19.6 Å². The molecular weight excluding hydrogens is 405 g/mol. The van der Waals surface area contributed by atoms with E-state index < -0.39 is 6.10 Å². The lowest BCUT2D eigenvalue weighted by Crippen LogP contribution is -2.25. The highest BCUT2D eigenvalue weighted by Crippen LogP contribution is 2.36. The summed E-state index contributed by atoms with van der Waals surface area (Å²) in [4.78, 5) is 6.84. The summed E-state index contributed by atoms with van der Waals surface area (Å²) >= 11 is 0. The van der Waals surface area contributed by atoms with Crippen LogP contribution in [0.1, 0.15) is 5.56 Å². The van der Waals surface area contributed by atoms with Gasteiger partial charge in [0, 0.05) is 55.4 Å². The second kappa shape index (κ2) is 7.32. The number of fused-ring (bicyclic) bond motifs is 5. The van der Waals surface area contributed by atoms with Gasteiger partial charge >= 0.3 is 0 Å². The molecule has 6 rings (SSSR count). The molecule has 2 aliphatic rings. The molecule has 2 aliphatic heterocycles. The smallest absolute Gasteiger partial charge is 0.161 e. The summed E-state index contributed by atoms with van der Waals surface area (Å²) in [5.74, 6) is 0.739. The fourth-order valence-corrected chi connectivity index (χ4v) is 4.93. The number of aliphatic hydroxyl groups is 1.